The van der Waals surface area contributed by atoms with Gasteiger partial charge in [-0.25, -0.2) is 15.4 Å². The van der Waals surface area contributed by atoms with Crippen molar-refractivity contribution in [2.45, 2.75) is 0 Å². The highest BCUT2D eigenvalue weighted by Gasteiger charge is 2.21. The van der Waals surface area contributed by atoms with Gasteiger partial charge in [-0.1, -0.05) is 46.3 Å². The molecule has 0 saturated heterocycles. The number of aromatic nitrogens is 2. The van der Waals surface area contributed by atoms with Gasteiger partial charge in [0.2, 0.25) is 5.95 Å². The van der Waals surface area contributed by atoms with E-state index < -0.39 is 4.92 Å². The van der Waals surface area contributed by atoms with Gasteiger partial charge in [0.05, 0.1) is 34.0 Å². The van der Waals surface area contributed by atoms with Gasteiger partial charge in [0.25, 0.3) is 5.69 Å². The van der Waals surface area contributed by atoms with Gasteiger partial charge in [0.15, 0.2) is 11.5 Å². The van der Waals surface area contributed by atoms with Gasteiger partial charge in [0, 0.05) is 15.4 Å². The standard InChI is InChI=1S/C23H16BrN5O4/c24-16-6-7-18-17(11-16)22(14-4-2-1-3-5-14)27-23(26-18)28-25-13-15-10-20-21(33-9-8-32-20)12-19(15)29(30)31/h1-7,10-13H,8-9H2,(H,26,27,28)/b25-13+. The number of fused-ring (bicyclic) bond motifs is 2. The number of hydrogen-bond donors (Lipinski definition) is 1. The second kappa shape index (κ2) is 8.83. The topological polar surface area (TPSA) is 112 Å². The molecule has 2 heterocycles. The highest BCUT2D eigenvalue weighted by Crippen LogP contribution is 2.36. The summed E-state index contributed by atoms with van der Waals surface area (Å²) < 4.78 is 11.9. The van der Waals surface area contributed by atoms with Crippen molar-refractivity contribution in [2.75, 3.05) is 18.6 Å². The van der Waals surface area contributed by atoms with Gasteiger partial charge >= 0.3 is 0 Å². The number of hydrazone groups is 1. The summed E-state index contributed by atoms with van der Waals surface area (Å²) in [5.74, 6) is 1.04. The number of benzene rings is 3. The van der Waals surface area contributed by atoms with Crippen LogP contribution in [0.5, 0.6) is 11.5 Å². The molecule has 1 aliphatic heterocycles. The molecule has 0 spiro atoms. The van der Waals surface area contributed by atoms with Crippen LogP contribution >= 0.6 is 15.9 Å². The third kappa shape index (κ3) is 4.33. The average Bonchev–Trinajstić information content (AvgIpc) is 2.83. The lowest BCUT2D eigenvalue weighted by atomic mass is 10.1. The van der Waals surface area contributed by atoms with Crippen LogP contribution in [0.15, 0.2) is 70.2 Å². The maximum absolute atomic E-state index is 11.5. The first kappa shape index (κ1) is 20.8. The summed E-state index contributed by atoms with van der Waals surface area (Å²) in [6, 6.07) is 18.4. The third-order valence-electron chi connectivity index (χ3n) is 4.96. The van der Waals surface area contributed by atoms with Crippen LogP contribution in [0.1, 0.15) is 5.56 Å². The molecule has 10 heteroatoms. The fraction of sp³-hybridized carbons (Fsp3) is 0.0870. The van der Waals surface area contributed by atoms with E-state index in [0.29, 0.717) is 24.7 Å². The van der Waals surface area contributed by atoms with Crippen LogP contribution in [0.3, 0.4) is 0 Å². The molecule has 4 aromatic rings. The maximum Gasteiger partial charge on any atom is 0.282 e. The lowest BCUT2D eigenvalue weighted by molar-refractivity contribution is -0.385. The summed E-state index contributed by atoms with van der Waals surface area (Å²) in [5, 5.41) is 16.5. The first-order chi connectivity index (χ1) is 16.1. The van der Waals surface area contributed by atoms with E-state index in [2.05, 4.69) is 36.4 Å². The number of nitrogens with one attached hydrogen (secondary N) is 1. The zero-order chi connectivity index (χ0) is 22.8. The molecule has 0 amide bonds. The molecule has 33 heavy (non-hydrogen) atoms. The second-order valence-corrected chi connectivity index (χ2v) is 8.02. The average molecular weight is 506 g/mol. The molecule has 3 aromatic carbocycles. The Labute approximate surface area is 196 Å². The number of hydrogen-bond acceptors (Lipinski definition) is 8. The van der Waals surface area contributed by atoms with E-state index in [1.54, 1.807) is 0 Å². The number of halogens is 1. The highest BCUT2D eigenvalue weighted by atomic mass is 79.9. The number of nitro groups is 1. The van der Waals surface area contributed by atoms with Crippen molar-refractivity contribution in [2.24, 2.45) is 5.10 Å². The molecule has 1 N–H and O–H groups in total. The largest absolute Gasteiger partial charge is 0.486 e. The second-order valence-electron chi connectivity index (χ2n) is 7.11. The zero-order valence-corrected chi connectivity index (χ0v) is 18.7. The molecule has 5 rings (SSSR count). The Hall–Kier alpha value is -4.05. The predicted molar refractivity (Wildman–Crippen MR) is 128 cm³/mol. The first-order valence-corrected chi connectivity index (χ1v) is 10.8. The van der Waals surface area contributed by atoms with Crippen molar-refractivity contribution >= 4 is 44.7 Å². The third-order valence-corrected chi connectivity index (χ3v) is 5.45. The van der Waals surface area contributed by atoms with Gasteiger partial charge in [-0.15, -0.1) is 0 Å². The van der Waals surface area contributed by atoms with Crippen LogP contribution in [0.4, 0.5) is 11.6 Å². The van der Waals surface area contributed by atoms with Gasteiger partial charge in [0.1, 0.15) is 13.2 Å². The summed E-state index contributed by atoms with van der Waals surface area (Å²) in [6.07, 6.45) is 1.34. The van der Waals surface area contributed by atoms with Gasteiger partial charge in [-0.2, -0.15) is 5.10 Å². The Balaban J connectivity index is 1.50. The highest BCUT2D eigenvalue weighted by molar-refractivity contribution is 9.10. The normalized spacial score (nSPS) is 12.8. The van der Waals surface area contributed by atoms with Gasteiger partial charge in [-0.3, -0.25) is 10.1 Å². The molecule has 164 valence electrons. The fourth-order valence-corrected chi connectivity index (χ4v) is 3.84. The van der Waals surface area contributed by atoms with Crippen LogP contribution in [-0.2, 0) is 0 Å². The number of rotatable bonds is 5. The van der Waals surface area contributed by atoms with E-state index in [1.165, 1.54) is 18.3 Å². The molecule has 0 aliphatic carbocycles. The Kier molecular flexibility index (Phi) is 5.57. The Morgan fingerprint density at radius 2 is 1.79 bits per heavy atom. The van der Waals surface area contributed by atoms with E-state index >= 15 is 0 Å². The summed E-state index contributed by atoms with van der Waals surface area (Å²) >= 11 is 3.50. The molecular weight excluding hydrogens is 490 g/mol. The van der Waals surface area contributed by atoms with Gasteiger partial charge in [-0.05, 0) is 24.3 Å². The number of nitrogens with zero attached hydrogens (tertiary/aromatic N) is 4. The minimum atomic E-state index is -0.489. The maximum atomic E-state index is 11.5. The van der Waals surface area contributed by atoms with E-state index in [1.807, 2.05) is 48.5 Å². The molecule has 9 nitrogen and oxygen atoms in total. The molecule has 0 radical (unpaired) electrons. The van der Waals surface area contributed by atoms with Crippen LogP contribution < -0.4 is 14.9 Å². The molecule has 0 unspecified atom stereocenters. The summed E-state index contributed by atoms with van der Waals surface area (Å²) in [5.41, 5.74) is 5.33. The van der Waals surface area contributed by atoms with Crippen molar-refractivity contribution < 1.29 is 14.4 Å². The minimum Gasteiger partial charge on any atom is -0.486 e. The van der Waals surface area contributed by atoms with E-state index in [4.69, 9.17) is 9.47 Å². The van der Waals surface area contributed by atoms with E-state index in [9.17, 15) is 10.1 Å². The first-order valence-electron chi connectivity index (χ1n) is 9.98. The monoisotopic (exact) mass is 505 g/mol. The minimum absolute atomic E-state index is 0.140. The summed E-state index contributed by atoms with van der Waals surface area (Å²) in [4.78, 5) is 20.2. The summed E-state index contributed by atoms with van der Waals surface area (Å²) in [6.45, 7) is 0.724. The van der Waals surface area contributed by atoms with Gasteiger partial charge < -0.3 is 9.47 Å². The van der Waals surface area contributed by atoms with Crippen molar-refractivity contribution in [1.82, 2.24) is 9.97 Å². The lowest BCUT2D eigenvalue weighted by Gasteiger charge is -2.18. The zero-order valence-electron chi connectivity index (χ0n) is 17.1. The van der Waals surface area contributed by atoms with Crippen molar-refractivity contribution in [3.05, 3.63) is 80.8 Å². The fourth-order valence-electron chi connectivity index (χ4n) is 3.48. The molecule has 1 aliphatic rings. The van der Waals surface area contributed by atoms with E-state index in [0.717, 1.165) is 26.6 Å². The number of nitro benzene ring substituents is 1. The molecule has 1 aromatic heterocycles. The molecule has 0 atom stereocenters. The smallest absolute Gasteiger partial charge is 0.282 e. The van der Waals surface area contributed by atoms with Crippen LogP contribution in [0.25, 0.3) is 22.2 Å². The number of ether oxygens (including phenoxy) is 2. The Bertz CT molecular complexity index is 1400. The quantitative estimate of drug-likeness (QED) is 0.225. The summed E-state index contributed by atoms with van der Waals surface area (Å²) in [7, 11) is 0. The SMILES string of the molecule is O=[N+]([O-])c1cc2c(cc1/C=N/Nc1nc(-c3ccccc3)c3cc(Br)ccc3n1)OCCO2. The Morgan fingerprint density at radius 1 is 1.03 bits per heavy atom. The number of anilines is 1. The lowest BCUT2D eigenvalue weighted by Crippen LogP contribution is -2.16. The Morgan fingerprint density at radius 3 is 2.55 bits per heavy atom. The van der Waals surface area contributed by atoms with Crippen molar-refractivity contribution in [3.63, 3.8) is 0 Å². The molecular formula is C23H16BrN5O4. The van der Waals surface area contributed by atoms with Crippen LogP contribution in [-0.4, -0.2) is 34.3 Å². The molecule has 0 bridgehead atoms. The van der Waals surface area contributed by atoms with E-state index in [-0.39, 0.29) is 17.2 Å². The van der Waals surface area contributed by atoms with Crippen molar-refractivity contribution in [3.8, 4) is 22.8 Å². The molecule has 0 fully saturated rings. The molecule has 0 saturated carbocycles. The van der Waals surface area contributed by atoms with Crippen LogP contribution in [0, 0.1) is 10.1 Å². The van der Waals surface area contributed by atoms with Crippen LogP contribution in [0.2, 0.25) is 0 Å². The van der Waals surface area contributed by atoms with Crippen molar-refractivity contribution in [1.29, 1.82) is 0 Å². The predicted octanol–water partition coefficient (Wildman–Crippen LogP) is 5.18.